The van der Waals surface area contributed by atoms with E-state index in [1.54, 1.807) is 6.33 Å². The van der Waals surface area contributed by atoms with Crippen molar-refractivity contribution in [2.45, 2.75) is 34.6 Å². The fourth-order valence-corrected chi connectivity index (χ4v) is 5.29. The Balaban J connectivity index is 0.000000170. The van der Waals surface area contributed by atoms with Crippen LogP contribution in [0.1, 0.15) is 28.1 Å². The van der Waals surface area contributed by atoms with Gasteiger partial charge in [-0.15, -0.1) is 64.8 Å². The minimum absolute atomic E-state index is 0. The Labute approximate surface area is 264 Å². The largest absolute Gasteiger partial charge is 0.488 e. The maximum absolute atomic E-state index is 5.52. The van der Waals surface area contributed by atoms with Crippen molar-refractivity contribution in [2.75, 3.05) is 0 Å². The number of benzene rings is 4. The molecule has 0 bridgehead atoms. The van der Waals surface area contributed by atoms with E-state index in [1.165, 1.54) is 22.3 Å². The minimum Gasteiger partial charge on any atom is -0.488 e. The van der Waals surface area contributed by atoms with Gasteiger partial charge in [0, 0.05) is 56.3 Å². The van der Waals surface area contributed by atoms with E-state index in [0.717, 1.165) is 45.3 Å². The van der Waals surface area contributed by atoms with Crippen molar-refractivity contribution in [2.24, 2.45) is 0 Å². The second-order valence-electron chi connectivity index (χ2n) is 10.2. The Morgan fingerprint density at radius 1 is 0.721 bits per heavy atom. The Bertz CT molecular complexity index is 1960. The molecular formula is C35H30IrN6O-2. The number of para-hydroxylation sites is 2. The Morgan fingerprint density at radius 3 is 2.05 bits per heavy atom. The summed E-state index contributed by atoms with van der Waals surface area (Å²) in [7, 11) is 0. The Hall–Kier alpha value is -4.65. The van der Waals surface area contributed by atoms with Gasteiger partial charge in [-0.2, -0.15) is 5.10 Å². The molecule has 0 aliphatic heterocycles. The summed E-state index contributed by atoms with van der Waals surface area (Å²) in [5.41, 5.74) is 10.5. The van der Waals surface area contributed by atoms with Gasteiger partial charge in [0.25, 0.3) is 0 Å². The van der Waals surface area contributed by atoms with E-state index < -0.39 is 0 Å². The van der Waals surface area contributed by atoms with Crippen molar-refractivity contribution < 1.29 is 24.5 Å². The van der Waals surface area contributed by atoms with Crippen molar-refractivity contribution in [1.82, 2.24) is 29.3 Å². The quantitative estimate of drug-likeness (QED) is 0.173. The zero-order chi connectivity index (χ0) is 29.2. The predicted octanol–water partition coefficient (Wildman–Crippen LogP) is 7.75. The van der Waals surface area contributed by atoms with Crippen LogP contribution in [0.3, 0.4) is 0 Å². The fraction of sp³-hybridized carbons (Fsp3) is 0.143. The SMILES string of the molecule is Cc1cccc(C)c1-n1cnnc1-c1[c-]cccc1.Cc1nc2cc(-c3nccn3-c3c(C)cccc3C)[c-]cc2o1.[Ir]. The maximum Gasteiger partial charge on any atom is 0.180 e. The van der Waals surface area contributed by atoms with Crippen LogP contribution < -0.4 is 0 Å². The van der Waals surface area contributed by atoms with Gasteiger partial charge in [0.2, 0.25) is 0 Å². The van der Waals surface area contributed by atoms with Crippen LogP contribution in [0.15, 0.2) is 95.9 Å². The van der Waals surface area contributed by atoms with Gasteiger partial charge >= 0.3 is 0 Å². The summed E-state index contributed by atoms with van der Waals surface area (Å²) in [6.45, 7) is 10.3. The van der Waals surface area contributed by atoms with Gasteiger partial charge in [-0.25, -0.2) is 4.98 Å². The van der Waals surface area contributed by atoms with Crippen molar-refractivity contribution in [3.63, 3.8) is 0 Å². The monoisotopic (exact) mass is 743 g/mol. The summed E-state index contributed by atoms with van der Waals surface area (Å²) in [5.74, 6) is 2.33. The molecule has 43 heavy (non-hydrogen) atoms. The summed E-state index contributed by atoms with van der Waals surface area (Å²) >= 11 is 0. The molecule has 1 radical (unpaired) electrons. The van der Waals surface area contributed by atoms with Gasteiger partial charge in [-0.3, -0.25) is 4.98 Å². The predicted molar refractivity (Wildman–Crippen MR) is 165 cm³/mol. The van der Waals surface area contributed by atoms with E-state index in [9.17, 15) is 0 Å². The number of aromatic nitrogens is 6. The molecule has 7 rings (SSSR count). The summed E-state index contributed by atoms with van der Waals surface area (Å²) in [6, 6.07) is 30.6. The number of rotatable bonds is 4. The van der Waals surface area contributed by atoms with Gasteiger partial charge in [0.05, 0.1) is 17.2 Å². The molecule has 4 aromatic carbocycles. The molecule has 0 unspecified atom stereocenters. The van der Waals surface area contributed by atoms with Crippen molar-refractivity contribution >= 4 is 11.1 Å². The van der Waals surface area contributed by atoms with Crippen LogP contribution >= 0.6 is 0 Å². The molecule has 0 saturated carbocycles. The first kappa shape index (κ1) is 29.8. The van der Waals surface area contributed by atoms with Gasteiger partial charge < -0.3 is 13.6 Å². The van der Waals surface area contributed by atoms with Gasteiger partial charge in [0.1, 0.15) is 6.33 Å². The average Bonchev–Trinajstić information content (AvgIpc) is 3.73. The number of nitrogens with zero attached hydrogens (tertiary/aromatic N) is 6. The topological polar surface area (TPSA) is 74.6 Å². The number of hydrogen-bond acceptors (Lipinski definition) is 5. The van der Waals surface area contributed by atoms with E-state index in [2.05, 4.69) is 101 Å². The second kappa shape index (κ2) is 12.7. The summed E-state index contributed by atoms with van der Waals surface area (Å²) in [6.07, 6.45) is 5.55. The normalized spacial score (nSPS) is 10.7. The first-order valence-corrected chi connectivity index (χ1v) is 13.7. The first-order chi connectivity index (χ1) is 20.4. The molecule has 0 aliphatic rings. The van der Waals surface area contributed by atoms with E-state index in [0.29, 0.717) is 5.89 Å². The fourth-order valence-electron chi connectivity index (χ4n) is 5.29. The van der Waals surface area contributed by atoms with Gasteiger partial charge in [-0.1, -0.05) is 36.4 Å². The van der Waals surface area contributed by atoms with Crippen molar-refractivity contribution in [3.05, 3.63) is 132 Å². The minimum atomic E-state index is 0. The van der Waals surface area contributed by atoms with E-state index in [1.807, 2.05) is 60.3 Å². The molecule has 3 heterocycles. The third kappa shape index (κ3) is 5.98. The Kier molecular flexibility index (Phi) is 8.81. The van der Waals surface area contributed by atoms with E-state index in [4.69, 9.17) is 4.42 Å². The zero-order valence-electron chi connectivity index (χ0n) is 24.6. The van der Waals surface area contributed by atoms with Gasteiger partial charge in [0.15, 0.2) is 5.89 Å². The molecule has 0 atom stereocenters. The molecule has 0 fully saturated rings. The van der Waals surface area contributed by atoms with Crippen LogP contribution in [0.25, 0.3) is 45.3 Å². The summed E-state index contributed by atoms with van der Waals surface area (Å²) < 4.78 is 9.65. The van der Waals surface area contributed by atoms with Crippen LogP contribution in [-0.2, 0) is 20.1 Å². The van der Waals surface area contributed by atoms with Crippen molar-refractivity contribution in [1.29, 1.82) is 0 Å². The molecule has 8 heteroatoms. The van der Waals surface area contributed by atoms with Crippen LogP contribution in [0.5, 0.6) is 0 Å². The summed E-state index contributed by atoms with van der Waals surface area (Å²) in [4.78, 5) is 8.93. The first-order valence-electron chi connectivity index (χ1n) is 13.7. The zero-order valence-corrected chi connectivity index (χ0v) is 27.0. The second-order valence-corrected chi connectivity index (χ2v) is 10.2. The number of oxazole rings is 1. The molecule has 7 nitrogen and oxygen atoms in total. The maximum atomic E-state index is 5.52. The van der Waals surface area contributed by atoms with Crippen LogP contribution in [0, 0.1) is 46.8 Å². The number of imidazole rings is 1. The molecule has 217 valence electrons. The third-order valence-corrected chi connectivity index (χ3v) is 7.17. The third-order valence-electron chi connectivity index (χ3n) is 7.17. The molecule has 0 N–H and O–H groups in total. The number of fused-ring (bicyclic) bond motifs is 1. The number of hydrogen-bond donors (Lipinski definition) is 0. The summed E-state index contributed by atoms with van der Waals surface area (Å²) in [5, 5.41) is 8.28. The molecule has 0 saturated heterocycles. The molecule has 0 aliphatic carbocycles. The van der Waals surface area contributed by atoms with Crippen LogP contribution in [-0.4, -0.2) is 29.3 Å². The Morgan fingerprint density at radius 2 is 1.40 bits per heavy atom. The molecule has 0 spiro atoms. The van der Waals surface area contributed by atoms with Crippen LogP contribution in [0.2, 0.25) is 0 Å². The molecule has 0 amide bonds. The van der Waals surface area contributed by atoms with Crippen molar-refractivity contribution in [3.8, 4) is 34.2 Å². The standard InChI is InChI=1S/C19H16N3O.C16H14N3.Ir/c1-12-5-4-6-13(2)18(12)22-10-9-20-19(22)15-7-8-17-16(11-15)21-14(3)23-17;1-12-7-6-8-13(2)15(12)19-11-17-18-16(19)14-9-4-3-5-10-14;/h4-6,8-11H,1-3H3;3-9,11H,1-2H3;/q2*-1;. The molecule has 3 aromatic heterocycles. The number of aryl methyl sites for hydroxylation is 5. The van der Waals surface area contributed by atoms with E-state index in [-0.39, 0.29) is 20.1 Å². The van der Waals surface area contributed by atoms with E-state index >= 15 is 0 Å². The molecule has 7 aromatic rings. The van der Waals surface area contributed by atoms with Gasteiger partial charge in [-0.05, 0) is 49.9 Å². The smallest absolute Gasteiger partial charge is 0.180 e. The molecular weight excluding hydrogens is 713 g/mol. The van der Waals surface area contributed by atoms with Crippen LogP contribution in [0.4, 0.5) is 0 Å². The average molecular weight is 743 g/mol.